The Morgan fingerprint density at radius 2 is 1.75 bits per heavy atom. The van der Waals surface area contributed by atoms with Gasteiger partial charge in [0.25, 0.3) is 0 Å². The molecule has 0 heterocycles. The van der Waals surface area contributed by atoms with Crippen molar-refractivity contribution >= 4 is 11.6 Å². The normalized spacial score (nSPS) is 20.9. The quantitative estimate of drug-likeness (QED) is 0.852. The Morgan fingerprint density at radius 1 is 1.19 bits per heavy atom. The minimum Gasteiger partial charge on any atom is -0.391 e. The fourth-order valence-electron chi connectivity index (χ4n) is 2.47. The summed E-state index contributed by atoms with van der Waals surface area (Å²) >= 11 is 5.82. The number of hydrogen-bond acceptors (Lipinski definition) is 2. The molecule has 0 radical (unpaired) electrons. The van der Waals surface area contributed by atoms with Crippen LogP contribution in [0.15, 0.2) is 24.3 Å². The second-order valence-electron chi connectivity index (χ2n) is 4.61. The van der Waals surface area contributed by atoms with Crippen LogP contribution in [-0.2, 0) is 0 Å². The summed E-state index contributed by atoms with van der Waals surface area (Å²) in [5, 5.41) is 10.9. The molecule has 2 rings (SSSR count). The summed E-state index contributed by atoms with van der Waals surface area (Å²) in [7, 11) is 0. The summed E-state index contributed by atoms with van der Waals surface area (Å²) in [5.41, 5.74) is 7.04. The van der Waals surface area contributed by atoms with Crippen LogP contribution in [-0.4, -0.2) is 11.2 Å². The molecule has 1 saturated carbocycles. The van der Waals surface area contributed by atoms with Gasteiger partial charge in [0.05, 0.1) is 12.1 Å². The number of rotatable bonds is 3. The van der Waals surface area contributed by atoms with Gasteiger partial charge in [0.15, 0.2) is 0 Å². The van der Waals surface area contributed by atoms with Crippen molar-refractivity contribution in [3.8, 4) is 0 Å². The van der Waals surface area contributed by atoms with Crippen molar-refractivity contribution in [2.75, 3.05) is 0 Å². The Labute approximate surface area is 101 Å². The van der Waals surface area contributed by atoms with Gasteiger partial charge in [0, 0.05) is 5.02 Å². The van der Waals surface area contributed by atoms with Crippen LogP contribution in [0, 0.1) is 5.92 Å². The Morgan fingerprint density at radius 3 is 2.31 bits per heavy atom. The zero-order valence-electron chi connectivity index (χ0n) is 9.27. The van der Waals surface area contributed by atoms with Crippen molar-refractivity contribution in [1.82, 2.24) is 0 Å². The van der Waals surface area contributed by atoms with Crippen molar-refractivity contribution in [2.45, 2.75) is 37.8 Å². The largest absolute Gasteiger partial charge is 0.391 e. The average molecular weight is 240 g/mol. The Balaban J connectivity index is 2.05. The Bertz CT molecular complexity index is 332. The van der Waals surface area contributed by atoms with E-state index in [0.29, 0.717) is 10.9 Å². The zero-order valence-corrected chi connectivity index (χ0v) is 10.0. The molecule has 0 aliphatic heterocycles. The molecule has 3 heteroatoms. The van der Waals surface area contributed by atoms with Gasteiger partial charge in [-0.25, -0.2) is 0 Å². The topological polar surface area (TPSA) is 46.2 Å². The number of nitrogens with two attached hydrogens (primary N) is 1. The molecule has 1 aromatic carbocycles. The molecule has 0 saturated heterocycles. The van der Waals surface area contributed by atoms with Gasteiger partial charge in [0.1, 0.15) is 0 Å². The van der Waals surface area contributed by atoms with Crippen LogP contribution < -0.4 is 5.73 Å². The van der Waals surface area contributed by atoms with Gasteiger partial charge in [-0.2, -0.15) is 0 Å². The molecule has 3 N–H and O–H groups in total. The first-order valence-electron chi connectivity index (χ1n) is 5.87. The molecule has 1 fully saturated rings. The van der Waals surface area contributed by atoms with E-state index in [2.05, 4.69) is 0 Å². The molecule has 0 bridgehead atoms. The highest BCUT2D eigenvalue weighted by atomic mass is 35.5. The van der Waals surface area contributed by atoms with Crippen molar-refractivity contribution in [3.63, 3.8) is 0 Å². The summed E-state index contributed by atoms with van der Waals surface area (Å²) in [6, 6.07) is 7.13. The first-order valence-corrected chi connectivity index (χ1v) is 6.25. The molecule has 2 nitrogen and oxygen atoms in total. The first kappa shape index (κ1) is 11.9. The van der Waals surface area contributed by atoms with E-state index in [-0.39, 0.29) is 6.04 Å². The third kappa shape index (κ3) is 2.57. The fraction of sp³-hybridized carbons (Fsp3) is 0.538. The predicted octanol–water partition coefficient (Wildman–Crippen LogP) is 2.89. The maximum Gasteiger partial charge on any atom is 0.0760 e. The van der Waals surface area contributed by atoms with Crippen LogP contribution >= 0.6 is 11.6 Å². The van der Waals surface area contributed by atoms with Gasteiger partial charge in [0.2, 0.25) is 0 Å². The van der Waals surface area contributed by atoms with Crippen LogP contribution in [0.3, 0.4) is 0 Å². The van der Waals surface area contributed by atoms with Crippen molar-refractivity contribution < 1.29 is 5.11 Å². The lowest BCUT2D eigenvalue weighted by Crippen LogP contribution is -2.31. The number of halogens is 1. The highest BCUT2D eigenvalue weighted by molar-refractivity contribution is 6.30. The lowest BCUT2D eigenvalue weighted by Gasteiger charge is -2.24. The third-order valence-corrected chi connectivity index (χ3v) is 3.76. The van der Waals surface area contributed by atoms with Crippen molar-refractivity contribution in [2.24, 2.45) is 11.7 Å². The van der Waals surface area contributed by atoms with Crippen LogP contribution in [0.5, 0.6) is 0 Å². The molecule has 0 spiro atoms. The maximum atomic E-state index is 10.2. The lowest BCUT2D eigenvalue weighted by atomic mass is 9.91. The van der Waals surface area contributed by atoms with Crippen LogP contribution in [0.2, 0.25) is 5.02 Å². The molecule has 2 atom stereocenters. The van der Waals surface area contributed by atoms with Gasteiger partial charge < -0.3 is 10.8 Å². The van der Waals surface area contributed by atoms with E-state index in [9.17, 15) is 5.11 Å². The summed E-state index contributed by atoms with van der Waals surface area (Å²) in [6.07, 6.45) is 4.21. The highest BCUT2D eigenvalue weighted by Crippen LogP contribution is 2.32. The molecule has 0 amide bonds. The van der Waals surface area contributed by atoms with E-state index < -0.39 is 6.10 Å². The molecule has 1 aliphatic carbocycles. The van der Waals surface area contributed by atoms with Crippen LogP contribution in [0.25, 0.3) is 0 Å². The minimum absolute atomic E-state index is 0.291. The summed E-state index contributed by atoms with van der Waals surface area (Å²) in [5.74, 6) is 0.366. The van der Waals surface area contributed by atoms with E-state index in [1.54, 1.807) is 0 Å². The molecule has 16 heavy (non-hydrogen) atoms. The highest BCUT2D eigenvalue weighted by Gasteiger charge is 2.28. The smallest absolute Gasteiger partial charge is 0.0760 e. The SMILES string of the molecule is N[C@@H](c1ccc(Cl)cc1)[C@H](O)C1CCCC1. The van der Waals surface area contributed by atoms with Crippen LogP contribution in [0.1, 0.15) is 37.3 Å². The van der Waals surface area contributed by atoms with Crippen molar-refractivity contribution in [3.05, 3.63) is 34.9 Å². The second kappa shape index (κ2) is 5.17. The van der Waals surface area contributed by atoms with Gasteiger partial charge in [-0.1, -0.05) is 36.6 Å². The molecular formula is C13H18ClNO. The van der Waals surface area contributed by atoms with E-state index in [1.807, 2.05) is 24.3 Å². The number of aliphatic hydroxyl groups excluding tert-OH is 1. The Hall–Kier alpha value is -0.570. The van der Waals surface area contributed by atoms with E-state index >= 15 is 0 Å². The molecule has 88 valence electrons. The first-order chi connectivity index (χ1) is 7.68. The van der Waals surface area contributed by atoms with Gasteiger partial charge in [-0.3, -0.25) is 0 Å². The second-order valence-corrected chi connectivity index (χ2v) is 5.05. The van der Waals surface area contributed by atoms with E-state index in [4.69, 9.17) is 17.3 Å². The molecule has 1 aliphatic rings. The zero-order chi connectivity index (χ0) is 11.5. The monoisotopic (exact) mass is 239 g/mol. The molecule has 0 aromatic heterocycles. The predicted molar refractivity (Wildman–Crippen MR) is 66.3 cm³/mol. The molecule has 0 unspecified atom stereocenters. The molecular weight excluding hydrogens is 222 g/mol. The minimum atomic E-state index is -0.427. The van der Waals surface area contributed by atoms with Gasteiger partial charge in [-0.15, -0.1) is 0 Å². The summed E-state index contributed by atoms with van der Waals surface area (Å²) < 4.78 is 0. The Kier molecular flexibility index (Phi) is 3.85. The standard InChI is InChI=1S/C13H18ClNO/c14-11-7-5-9(6-8-11)12(15)13(16)10-3-1-2-4-10/h5-8,10,12-13,16H,1-4,15H2/t12-,13+/m0/s1. The van der Waals surface area contributed by atoms with Gasteiger partial charge >= 0.3 is 0 Å². The summed E-state index contributed by atoms with van der Waals surface area (Å²) in [6.45, 7) is 0. The third-order valence-electron chi connectivity index (χ3n) is 3.51. The fourth-order valence-corrected chi connectivity index (χ4v) is 2.60. The average Bonchev–Trinajstić information content (AvgIpc) is 2.81. The maximum absolute atomic E-state index is 10.2. The number of aliphatic hydroxyl groups is 1. The van der Waals surface area contributed by atoms with E-state index in [1.165, 1.54) is 12.8 Å². The van der Waals surface area contributed by atoms with Gasteiger partial charge in [-0.05, 0) is 36.5 Å². The molecule has 1 aromatic rings. The number of hydrogen-bond donors (Lipinski definition) is 2. The van der Waals surface area contributed by atoms with Crippen LogP contribution in [0.4, 0.5) is 0 Å². The number of benzene rings is 1. The van der Waals surface area contributed by atoms with E-state index in [0.717, 1.165) is 18.4 Å². The lowest BCUT2D eigenvalue weighted by molar-refractivity contribution is 0.0845. The summed E-state index contributed by atoms with van der Waals surface area (Å²) in [4.78, 5) is 0. The van der Waals surface area contributed by atoms with Crippen molar-refractivity contribution in [1.29, 1.82) is 0 Å².